The molecule has 1 aromatic rings. The van der Waals surface area contributed by atoms with E-state index >= 15 is 0 Å². The molecule has 3 N–H and O–H groups in total. The van der Waals surface area contributed by atoms with E-state index in [0.29, 0.717) is 17.9 Å². The highest BCUT2D eigenvalue weighted by molar-refractivity contribution is 6.00. The molecular weight excluding hydrogens is 310 g/mol. The fourth-order valence-electron chi connectivity index (χ4n) is 2.22. The van der Waals surface area contributed by atoms with Gasteiger partial charge in [-0.25, -0.2) is 0 Å². The topological polar surface area (TPSA) is 114 Å². The molecule has 7 nitrogen and oxygen atoms in total. The van der Waals surface area contributed by atoms with Crippen LogP contribution in [0.15, 0.2) is 29.8 Å². The zero-order valence-electron chi connectivity index (χ0n) is 13.2. The first kappa shape index (κ1) is 17.5. The molecule has 1 heterocycles. The molecule has 1 aliphatic heterocycles. The SMILES string of the molecule is N#C/C(=C\c1ccc(OCC(=O)NC[C@@H]2CCCO2)cc1)C(N)=O. The van der Waals surface area contributed by atoms with Crippen LogP contribution in [-0.2, 0) is 14.3 Å². The smallest absolute Gasteiger partial charge is 0.259 e. The fourth-order valence-corrected chi connectivity index (χ4v) is 2.22. The summed E-state index contributed by atoms with van der Waals surface area (Å²) >= 11 is 0. The van der Waals surface area contributed by atoms with Crippen molar-refractivity contribution in [3.05, 3.63) is 35.4 Å². The number of hydrogen-bond acceptors (Lipinski definition) is 5. The molecule has 1 saturated heterocycles. The number of rotatable bonds is 7. The first-order valence-electron chi connectivity index (χ1n) is 7.61. The molecule has 0 unspecified atom stereocenters. The average molecular weight is 329 g/mol. The highest BCUT2D eigenvalue weighted by Crippen LogP contribution is 2.14. The van der Waals surface area contributed by atoms with Crippen LogP contribution in [0.4, 0.5) is 0 Å². The van der Waals surface area contributed by atoms with Crippen molar-refractivity contribution >= 4 is 17.9 Å². The lowest BCUT2D eigenvalue weighted by Crippen LogP contribution is -2.35. The summed E-state index contributed by atoms with van der Waals surface area (Å²) in [6.07, 6.45) is 3.48. The minimum atomic E-state index is -0.777. The second-order valence-corrected chi connectivity index (χ2v) is 5.33. The van der Waals surface area contributed by atoms with E-state index in [2.05, 4.69) is 5.32 Å². The van der Waals surface area contributed by atoms with Gasteiger partial charge in [0.25, 0.3) is 11.8 Å². The molecule has 0 spiro atoms. The molecule has 1 fully saturated rings. The summed E-state index contributed by atoms with van der Waals surface area (Å²) in [5.74, 6) is -0.479. The van der Waals surface area contributed by atoms with Crippen LogP contribution < -0.4 is 15.8 Å². The van der Waals surface area contributed by atoms with E-state index in [4.69, 9.17) is 20.5 Å². The average Bonchev–Trinajstić information content (AvgIpc) is 3.10. The largest absolute Gasteiger partial charge is 0.484 e. The van der Waals surface area contributed by atoms with Gasteiger partial charge in [0, 0.05) is 13.2 Å². The van der Waals surface area contributed by atoms with E-state index in [9.17, 15) is 9.59 Å². The van der Waals surface area contributed by atoms with Crippen molar-refractivity contribution in [2.45, 2.75) is 18.9 Å². The fraction of sp³-hybridized carbons (Fsp3) is 0.353. The molecule has 24 heavy (non-hydrogen) atoms. The number of nitriles is 1. The molecule has 0 aromatic heterocycles. The summed E-state index contributed by atoms with van der Waals surface area (Å²) in [6, 6.07) is 8.36. The van der Waals surface area contributed by atoms with Gasteiger partial charge in [-0.2, -0.15) is 5.26 Å². The summed E-state index contributed by atoms with van der Waals surface area (Å²) < 4.78 is 10.8. The molecule has 1 atom stereocenters. The van der Waals surface area contributed by atoms with Gasteiger partial charge in [0.05, 0.1) is 6.10 Å². The van der Waals surface area contributed by atoms with E-state index in [1.165, 1.54) is 6.08 Å². The number of benzene rings is 1. The third kappa shape index (κ3) is 5.41. The van der Waals surface area contributed by atoms with Crippen molar-refractivity contribution in [1.29, 1.82) is 5.26 Å². The van der Waals surface area contributed by atoms with E-state index in [0.717, 1.165) is 19.4 Å². The third-order valence-electron chi connectivity index (χ3n) is 3.50. The molecule has 0 radical (unpaired) electrons. The summed E-state index contributed by atoms with van der Waals surface area (Å²) in [6.45, 7) is 1.16. The van der Waals surface area contributed by atoms with Crippen LogP contribution in [0.1, 0.15) is 18.4 Å². The second kappa shape index (κ2) is 8.70. The number of carbonyl (C=O) groups excluding carboxylic acids is 2. The number of primary amides is 1. The van der Waals surface area contributed by atoms with Crippen molar-refractivity contribution in [1.82, 2.24) is 5.32 Å². The van der Waals surface area contributed by atoms with Crippen molar-refractivity contribution in [3.63, 3.8) is 0 Å². The summed E-state index contributed by atoms with van der Waals surface area (Å²) in [4.78, 5) is 22.7. The van der Waals surface area contributed by atoms with Crippen LogP contribution in [-0.4, -0.2) is 37.7 Å². The second-order valence-electron chi connectivity index (χ2n) is 5.33. The van der Waals surface area contributed by atoms with Crippen LogP contribution in [0, 0.1) is 11.3 Å². The van der Waals surface area contributed by atoms with Crippen molar-refractivity contribution in [2.24, 2.45) is 5.73 Å². The summed E-state index contributed by atoms with van der Waals surface area (Å²) in [5.41, 5.74) is 5.58. The minimum absolute atomic E-state index is 0.0906. The number of nitrogens with one attached hydrogen (secondary N) is 1. The van der Waals surface area contributed by atoms with E-state index in [1.54, 1.807) is 30.3 Å². The van der Waals surface area contributed by atoms with Gasteiger partial charge >= 0.3 is 0 Å². The van der Waals surface area contributed by atoms with Crippen LogP contribution >= 0.6 is 0 Å². The van der Waals surface area contributed by atoms with Gasteiger partial charge in [-0.1, -0.05) is 12.1 Å². The van der Waals surface area contributed by atoms with Gasteiger partial charge in [0.1, 0.15) is 17.4 Å². The third-order valence-corrected chi connectivity index (χ3v) is 3.50. The Kier molecular flexibility index (Phi) is 6.34. The van der Waals surface area contributed by atoms with Crippen molar-refractivity contribution < 1.29 is 19.1 Å². The predicted molar refractivity (Wildman–Crippen MR) is 86.7 cm³/mol. The summed E-state index contributed by atoms with van der Waals surface area (Å²) in [5, 5.41) is 11.6. The van der Waals surface area contributed by atoms with Crippen molar-refractivity contribution in [3.8, 4) is 11.8 Å². The maximum absolute atomic E-state index is 11.7. The standard InChI is InChI=1S/C17H19N3O4/c18-9-13(17(19)22)8-12-3-5-14(6-4-12)24-11-16(21)20-10-15-2-1-7-23-15/h3-6,8,15H,1-2,7,10-11H2,(H2,19,22)(H,20,21)/b13-8+/t15-/m0/s1. The highest BCUT2D eigenvalue weighted by atomic mass is 16.5. The molecule has 1 aliphatic rings. The maximum Gasteiger partial charge on any atom is 0.259 e. The number of carbonyl (C=O) groups is 2. The van der Waals surface area contributed by atoms with Crippen LogP contribution in [0.2, 0.25) is 0 Å². The number of nitrogens with two attached hydrogens (primary N) is 1. The summed E-state index contributed by atoms with van der Waals surface area (Å²) in [7, 11) is 0. The first-order valence-corrected chi connectivity index (χ1v) is 7.61. The van der Waals surface area contributed by atoms with E-state index in [-0.39, 0.29) is 24.2 Å². The van der Waals surface area contributed by atoms with Gasteiger partial charge in [0.15, 0.2) is 6.61 Å². The predicted octanol–water partition coefficient (Wildman–Crippen LogP) is 0.753. The normalized spacial score (nSPS) is 17.1. The molecule has 2 rings (SSSR count). The highest BCUT2D eigenvalue weighted by Gasteiger charge is 2.16. The molecule has 126 valence electrons. The Bertz CT molecular complexity index is 655. The lowest BCUT2D eigenvalue weighted by Gasteiger charge is -2.11. The van der Waals surface area contributed by atoms with Crippen LogP contribution in [0.3, 0.4) is 0 Å². The zero-order chi connectivity index (χ0) is 17.4. The Hall–Kier alpha value is -2.85. The van der Waals surface area contributed by atoms with E-state index < -0.39 is 5.91 Å². The molecule has 7 heteroatoms. The van der Waals surface area contributed by atoms with Gasteiger partial charge in [0.2, 0.25) is 0 Å². The van der Waals surface area contributed by atoms with Crippen LogP contribution in [0.25, 0.3) is 6.08 Å². The van der Waals surface area contributed by atoms with Crippen LogP contribution in [0.5, 0.6) is 5.75 Å². The van der Waals surface area contributed by atoms with Gasteiger partial charge in [-0.05, 0) is 36.6 Å². The Labute approximate surface area is 140 Å². The molecule has 1 aromatic carbocycles. The van der Waals surface area contributed by atoms with Crippen molar-refractivity contribution in [2.75, 3.05) is 19.8 Å². The van der Waals surface area contributed by atoms with Gasteiger partial charge < -0.3 is 20.5 Å². The van der Waals surface area contributed by atoms with Gasteiger partial charge in [-0.15, -0.1) is 0 Å². The Morgan fingerprint density at radius 2 is 2.17 bits per heavy atom. The lowest BCUT2D eigenvalue weighted by molar-refractivity contribution is -0.123. The quantitative estimate of drug-likeness (QED) is 0.566. The van der Waals surface area contributed by atoms with Gasteiger partial charge in [-0.3, -0.25) is 9.59 Å². The Morgan fingerprint density at radius 1 is 1.42 bits per heavy atom. The number of ether oxygens (including phenoxy) is 2. The monoisotopic (exact) mass is 329 g/mol. The molecule has 0 saturated carbocycles. The lowest BCUT2D eigenvalue weighted by atomic mass is 10.1. The van der Waals surface area contributed by atoms with E-state index in [1.807, 2.05) is 0 Å². The Morgan fingerprint density at radius 3 is 2.75 bits per heavy atom. The minimum Gasteiger partial charge on any atom is -0.484 e. The molecule has 2 amide bonds. The first-order chi connectivity index (χ1) is 11.6. The zero-order valence-corrected chi connectivity index (χ0v) is 13.2. The molecule has 0 aliphatic carbocycles. The molecule has 0 bridgehead atoms. The Balaban J connectivity index is 1.80. The number of nitrogens with zero attached hydrogens (tertiary/aromatic N) is 1. The number of hydrogen-bond donors (Lipinski definition) is 2. The maximum atomic E-state index is 11.7. The molecular formula is C17H19N3O4. The number of amides is 2.